The number of anilines is 1. The number of sulfonamides is 1. The van der Waals surface area contributed by atoms with Gasteiger partial charge in [-0.05, 0) is 52.9 Å². The molecule has 1 N–H and O–H groups in total. The summed E-state index contributed by atoms with van der Waals surface area (Å²) in [6.45, 7) is 3.74. The molecule has 0 aliphatic heterocycles. The van der Waals surface area contributed by atoms with E-state index in [4.69, 9.17) is 4.74 Å². The molecule has 0 saturated carbocycles. The molecule has 114 valence electrons. The number of carbonyl (C=O) groups excluding carboxylic acids is 1. The minimum Gasteiger partial charge on any atom is -0.462 e. The Morgan fingerprint density at radius 2 is 2.19 bits per heavy atom. The van der Waals surface area contributed by atoms with E-state index in [2.05, 4.69) is 20.7 Å². The number of carbonyl (C=O) groups is 1. The van der Waals surface area contributed by atoms with Crippen molar-refractivity contribution in [2.75, 3.05) is 11.3 Å². The Balaban J connectivity index is 2.29. The van der Waals surface area contributed by atoms with Crippen molar-refractivity contribution in [1.29, 1.82) is 0 Å². The van der Waals surface area contributed by atoms with Gasteiger partial charge in [-0.15, -0.1) is 22.7 Å². The third-order valence-electron chi connectivity index (χ3n) is 2.49. The van der Waals surface area contributed by atoms with Crippen molar-refractivity contribution < 1.29 is 17.9 Å². The van der Waals surface area contributed by atoms with Gasteiger partial charge in [0.1, 0.15) is 9.21 Å². The molecule has 2 heterocycles. The van der Waals surface area contributed by atoms with Crippen LogP contribution in [-0.2, 0) is 14.8 Å². The molecular weight excluding hydrogens is 398 g/mol. The fourth-order valence-electron chi connectivity index (χ4n) is 1.49. The Hall–Kier alpha value is -0.900. The zero-order valence-electron chi connectivity index (χ0n) is 11.2. The summed E-state index contributed by atoms with van der Waals surface area (Å²) in [6, 6.07) is 3.12. The third-order valence-corrected chi connectivity index (χ3v) is 7.41. The first kappa shape index (κ1) is 16.5. The lowest BCUT2D eigenvalue weighted by molar-refractivity contribution is 0.0528. The number of nitrogens with one attached hydrogen (secondary N) is 1. The second-order valence-electron chi connectivity index (χ2n) is 4.01. The lowest BCUT2D eigenvalue weighted by atomic mass is 10.3. The van der Waals surface area contributed by atoms with E-state index < -0.39 is 16.0 Å². The maximum absolute atomic E-state index is 12.3. The van der Waals surface area contributed by atoms with Crippen LogP contribution >= 0.6 is 38.6 Å². The smallest absolute Gasteiger partial charge is 0.341 e. The maximum Gasteiger partial charge on any atom is 0.341 e. The minimum absolute atomic E-state index is 0.190. The molecule has 0 amide bonds. The van der Waals surface area contributed by atoms with Crippen LogP contribution < -0.4 is 4.72 Å². The van der Waals surface area contributed by atoms with Crippen LogP contribution in [0.4, 0.5) is 5.00 Å². The molecular formula is C12H12BrNO4S3. The summed E-state index contributed by atoms with van der Waals surface area (Å²) in [7, 11) is -3.71. The van der Waals surface area contributed by atoms with Crippen LogP contribution in [0.2, 0.25) is 0 Å². The van der Waals surface area contributed by atoms with Crippen LogP contribution in [0.25, 0.3) is 0 Å². The van der Waals surface area contributed by atoms with E-state index in [0.29, 0.717) is 0 Å². The predicted octanol–water partition coefficient (Wildman–Crippen LogP) is 3.86. The highest BCUT2D eigenvalue weighted by Gasteiger charge is 2.22. The molecule has 0 saturated heterocycles. The van der Waals surface area contributed by atoms with Crippen molar-refractivity contribution in [3.8, 4) is 0 Å². The lowest BCUT2D eigenvalue weighted by Gasteiger charge is -2.06. The number of halogens is 1. The van der Waals surface area contributed by atoms with Gasteiger partial charge in [-0.3, -0.25) is 4.72 Å². The Kier molecular flexibility index (Phi) is 5.07. The zero-order chi connectivity index (χ0) is 15.6. The van der Waals surface area contributed by atoms with Crippen LogP contribution in [0.15, 0.2) is 25.5 Å². The van der Waals surface area contributed by atoms with Crippen LogP contribution in [0, 0.1) is 6.92 Å². The Bertz CT molecular complexity index is 744. The van der Waals surface area contributed by atoms with E-state index in [1.54, 1.807) is 18.4 Å². The second-order valence-corrected chi connectivity index (χ2v) is 9.21. The van der Waals surface area contributed by atoms with Crippen LogP contribution in [0.5, 0.6) is 0 Å². The Labute approximate surface area is 139 Å². The monoisotopic (exact) mass is 409 g/mol. The van der Waals surface area contributed by atoms with Gasteiger partial charge < -0.3 is 4.74 Å². The fraction of sp³-hybridized carbons (Fsp3) is 0.250. The highest BCUT2D eigenvalue weighted by molar-refractivity contribution is 9.11. The highest BCUT2D eigenvalue weighted by atomic mass is 79.9. The Morgan fingerprint density at radius 1 is 1.48 bits per heavy atom. The van der Waals surface area contributed by atoms with Gasteiger partial charge in [0.15, 0.2) is 0 Å². The van der Waals surface area contributed by atoms with Crippen molar-refractivity contribution in [2.24, 2.45) is 0 Å². The van der Waals surface area contributed by atoms with E-state index in [1.165, 1.54) is 6.07 Å². The normalized spacial score (nSPS) is 11.4. The van der Waals surface area contributed by atoms with Gasteiger partial charge in [0.2, 0.25) is 0 Å². The summed E-state index contributed by atoms with van der Waals surface area (Å²) in [5.41, 5.74) is 1.06. The molecule has 0 spiro atoms. The molecule has 2 aromatic heterocycles. The van der Waals surface area contributed by atoms with Gasteiger partial charge in [-0.1, -0.05) is 0 Å². The van der Waals surface area contributed by atoms with Crippen molar-refractivity contribution in [2.45, 2.75) is 18.1 Å². The molecule has 0 bridgehead atoms. The van der Waals surface area contributed by atoms with Gasteiger partial charge in [0.05, 0.1) is 16.0 Å². The average molecular weight is 410 g/mol. The number of rotatable bonds is 5. The summed E-state index contributed by atoms with van der Waals surface area (Å²) >= 11 is 5.56. The second kappa shape index (κ2) is 6.47. The molecule has 0 atom stereocenters. The van der Waals surface area contributed by atoms with Gasteiger partial charge >= 0.3 is 5.97 Å². The van der Waals surface area contributed by atoms with Crippen molar-refractivity contribution in [3.63, 3.8) is 0 Å². The van der Waals surface area contributed by atoms with E-state index in [0.717, 1.165) is 32.0 Å². The number of hydrogen-bond acceptors (Lipinski definition) is 6. The molecule has 0 unspecified atom stereocenters. The number of hydrogen-bond donors (Lipinski definition) is 1. The SMILES string of the molecule is CCOC(=O)c1ccsc1NS(=O)(=O)c1cc(C)c(Br)s1. The van der Waals surface area contributed by atoms with Crippen LogP contribution in [-0.4, -0.2) is 21.0 Å². The molecule has 5 nitrogen and oxygen atoms in total. The average Bonchev–Trinajstić information content (AvgIpc) is 2.97. The van der Waals surface area contributed by atoms with Gasteiger partial charge in [-0.2, -0.15) is 0 Å². The fourth-order valence-corrected chi connectivity index (χ4v) is 5.83. The lowest BCUT2D eigenvalue weighted by Crippen LogP contribution is -2.14. The van der Waals surface area contributed by atoms with Crippen LogP contribution in [0.3, 0.4) is 0 Å². The summed E-state index contributed by atoms with van der Waals surface area (Å²) in [6.07, 6.45) is 0. The molecule has 2 aromatic rings. The third kappa shape index (κ3) is 3.65. The first-order chi connectivity index (χ1) is 9.85. The first-order valence-corrected chi connectivity index (χ1v) is 9.85. The van der Waals surface area contributed by atoms with E-state index in [-0.39, 0.29) is 21.4 Å². The molecule has 0 fully saturated rings. The standard InChI is InChI=1S/C12H12BrNO4S3/c1-3-18-12(15)8-4-5-19-11(8)14-21(16,17)9-6-7(2)10(13)20-9/h4-6,14H,3H2,1-2H3. The highest BCUT2D eigenvalue weighted by Crippen LogP contribution is 2.33. The van der Waals surface area contributed by atoms with Gasteiger partial charge in [0.25, 0.3) is 10.0 Å². The molecule has 2 rings (SSSR count). The van der Waals surface area contributed by atoms with Gasteiger partial charge in [0, 0.05) is 0 Å². The zero-order valence-corrected chi connectivity index (χ0v) is 15.2. The molecule has 9 heteroatoms. The topological polar surface area (TPSA) is 72.5 Å². The molecule has 21 heavy (non-hydrogen) atoms. The van der Waals surface area contributed by atoms with E-state index in [1.807, 2.05) is 6.92 Å². The summed E-state index contributed by atoms with van der Waals surface area (Å²) in [5.74, 6) is -0.542. The molecule has 0 radical (unpaired) electrons. The van der Waals surface area contributed by atoms with Crippen molar-refractivity contribution >= 4 is 59.6 Å². The summed E-state index contributed by atoms with van der Waals surface area (Å²) in [4.78, 5) is 11.8. The number of aryl methyl sites for hydroxylation is 1. The number of ether oxygens (including phenoxy) is 1. The quantitative estimate of drug-likeness (QED) is 0.760. The predicted molar refractivity (Wildman–Crippen MR) is 87.8 cm³/mol. The molecule has 0 aromatic carbocycles. The number of esters is 1. The van der Waals surface area contributed by atoms with Gasteiger partial charge in [-0.25, -0.2) is 13.2 Å². The van der Waals surface area contributed by atoms with E-state index in [9.17, 15) is 13.2 Å². The van der Waals surface area contributed by atoms with Crippen LogP contribution in [0.1, 0.15) is 22.8 Å². The first-order valence-electron chi connectivity index (χ1n) is 5.88. The maximum atomic E-state index is 12.3. The van der Waals surface area contributed by atoms with Crippen molar-refractivity contribution in [3.05, 3.63) is 32.4 Å². The molecule has 0 aliphatic rings. The minimum atomic E-state index is -3.71. The van der Waals surface area contributed by atoms with Crippen molar-refractivity contribution in [1.82, 2.24) is 0 Å². The van der Waals surface area contributed by atoms with E-state index >= 15 is 0 Å². The number of thiophene rings is 2. The molecule has 0 aliphatic carbocycles. The Morgan fingerprint density at radius 3 is 2.76 bits per heavy atom. The largest absolute Gasteiger partial charge is 0.462 e. The summed E-state index contributed by atoms with van der Waals surface area (Å²) < 4.78 is 33.0. The summed E-state index contributed by atoms with van der Waals surface area (Å²) in [5, 5.41) is 1.90.